The Balaban J connectivity index is 1.49. The van der Waals surface area contributed by atoms with Crippen molar-refractivity contribution in [3.63, 3.8) is 0 Å². The average molecular weight is 331 g/mol. The van der Waals surface area contributed by atoms with Crippen LogP contribution >= 0.6 is 23.2 Å². The smallest absolute Gasteiger partial charge is 0.143 e. The summed E-state index contributed by atoms with van der Waals surface area (Å²) in [4.78, 5) is 2.37. The summed E-state index contributed by atoms with van der Waals surface area (Å²) in [7, 11) is 0. The Morgan fingerprint density at radius 1 is 1.10 bits per heavy atom. The van der Waals surface area contributed by atoms with Gasteiger partial charge in [0.1, 0.15) is 5.82 Å². The minimum atomic E-state index is -0.451. The van der Waals surface area contributed by atoms with E-state index in [-0.39, 0.29) is 5.02 Å². The van der Waals surface area contributed by atoms with E-state index >= 15 is 0 Å². The average Bonchev–Trinajstić information content (AvgIpc) is 3.31. The largest absolute Gasteiger partial charge is 0.314 e. The number of benzene rings is 1. The SMILES string of the molecule is Fc1ccc(CN2CCC(NCC3CC3)CC2)c(Cl)c1Cl. The minimum absolute atomic E-state index is 0.0372. The standard InChI is InChI=1S/C16H21Cl2FN2/c17-15-12(3-4-14(19)16(15)18)10-21-7-5-13(6-8-21)20-9-11-1-2-11/h3-4,11,13,20H,1-2,5-10H2. The number of rotatable bonds is 5. The Bertz CT molecular complexity index is 497. The van der Waals surface area contributed by atoms with Crippen LogP contribution in [0.4, 0.5) is 4.39 Å². The molecule has 3 rings (SSSR count). The van der Waals surface area contributed by atoms with Crippen LogP contribution in [0.1, 0.15) is 31.2 Å². The summed E-state index contributed by atoms with van der Waals surface area (Å²) in [6.45, 7) is 4.03. The fourth-order valence-corrected chi connectivity index (χ4v) is 3.28. The molecule has 1 saturated carbocycles. The Hall–Kier alpha value is -0.350. The van der Waals surface area contributed by atoms with Gasteiger partial charge in [0, 0.05) is 12.6 Å². The van der Waals surface area contributed by atoms with Gasteiger partial charge in [-0.25, -0.2) is 4.39 Å². The van der Waals surface area contributed by atoms with Gasteiger partial charge in [-0.05, 0) is 62.9 Å². The topological polar surface area (TPSA) is 15.3 Å². The first-order valence-corrected chi connectivity index (χ1v) is 8.47. The number of halogens is 3. The molecule has 0 amide bonds. The van der Waals surface area contributed by atoms with Crippen molar-refractivity contribution >= 4 is 23.2 Å². The second-order valence-corrected chi connectivity index (χ2v) is 6.99. The molecule has 0 bridgehead atoms. The van der Waals surface area contributed by atoms with Crippen LogP contribution < -0.4 is 5.32 Å². The zero-order valence-electron chi connectivity index (χ0n) is 12.0. The zero-order chi connectivity index (χ0) is 14.8. The van der Waals surface area contributed by atoms with Gasteiger partial charge in [-0.1, -0.05) is 29.3 Å². The highest BCUT2D eigenvalue weighted by atomic mass is 35.5. The highest BCUT2D eigenvalue weighted by molar-refractivity contribution is 6.42. The summed E-state index contributed by atoms with van der Waals surface area (Å²) in [5.41, 5.74) is 0.910. The number of piperidine rings is 1. The van der Waals surface area contributed by atoms with E-state index in [1.165, 1.54) is 38.3 Å². The quantitative estimate of drug-likeness (QED) is 0.818. The third-order valence-corrected chi connectivity index (χ3v) is 5.39. The molecule has 0 atom stereocenters. The Kier molecular flexibility index (Phi) is 5.05. The Morgan fingerprint density at radius 2 is 1.81 bits per heavy atom. The number of nitrogens with zero attached hydrogens (tertiary/aromatic N) is 1. The molecule has 0 aromatic heterocycles. The molecular formula is C16H21Cl2FN2. The molecule has 0 spiro atoms. The maximum atomic E-state index is 13.3. The van der Waals surface area contributed by atoms with Crippen LogP contribution in [0.5, 0.6) is 0 Å². The van der Waals surface area contributed by atoms with E-state index in [2.05, 4.69) is 10.2 Å². The molecule has 1 aromatic carbocycles. The molecule has 1 heterocycles. The van der Waals surface area contributed by atoms with Crippen molar-refractivity contribution in [3.8, 4) is 0 Å². The number of hydrogen-bond acceptors (Lipinski definition) is 2. The van der Waals surface area contributed by atoms with E-state index in [0.717, 1.165) is 31.1 Å². The van der Waals surface area contributed by atoms with E-state index in [1.54, 1.807) is 6.07 Å². The lowest BCUT2D eigenvalue weighted by Crippen LogP contribution is -2.42. The van der Waals surface area contributed by atoms with Crippen LogP contribution in [0, 0.1) is 11.7 Å². The third kappa shape index (κ3) is 4.10. The predicted molar refractivity (Wildman–Crippen MR) is 85.4 cm³/mol. The monoisotopic (exact) mass is 330 g/mol. The van der Waals surface area contributed by atoms with Crippen molar-refractivity contribution in [2.75, 3.05) is 19.6 Å². The van der Waals surface area contributed by atoms with E-state index in [9.17, 15) is 4.39 Å². The van der Waals surface area contributed by atoms with Gasteiger partial charge in [0.25, 0.3) is 0 Å². The second-order valence-electron chi connectivity index (χ2n) is 6.24. The molecule has 2 aliphatic rings. The zero-order valence-corrected chi connectivity index (χ0v) is 13.6. The van der Waals surface area contributed by atoms with Crippen LogP contribution in [0.15, 0.2) is 12.1 Å². The lowest BCUT2D eigenvalue weighted by Gasteiger charge is -2.32. The van der Waals surface area contributed by atoms with Gasteiger partial charge in [-0.15, -0.1) is 0 Å². The fourth-order valence-electron chi connectivity index (χ4n) is 2.88. The summed E-state index contributed by atoms with van der Waals surface area (Å²) in [6.07, 6.45) is 5.13. The summed E-state index contributed by atoms with van der Waals surface area (Å²) in [6, 6.07) is 3.78. The molecule has 21 heavy (non-hydrogen) atoms. The Morgan fingerprint density at radius 3 is 2.48 bits per heavy atom. The highest BCUT2D eigenvalue weighted by Gasteiger charge is 2.24. The van der Waals surface area contributed by atoms with E-state index in [0.29, 0.717) is 11.1 Å². The summed E-state index contributed by atoms with van der Waals surface area (Å²) in [5, 5.41) is 4.06. The summed E-state index contributed by atoms with van der Waals surface area (Å²) in [5.74, 6) is 0.483. The van der Waals surface area contributed by atoms with Crippen molar-refractivity contribution in [3.05, 3.63) is 33.6 Å². The molecule has 116 valence electrons. The number of nitrogens with one attached hydrogen (secondary N) is 1. The van der Waals surface area contributed by atoms with Gasteiger partial charge in [0.15, 0.2) is 0 Å². The summed E-state index contributed by atoms with van der Waals surface area (Å²) < 4.78 is 13.3. The lowest BCUT2D eigenvalue weighted by atomic mass is 10.0. The second kappa shape index (κ2) is 6.82. The maximum Gasteiger partial charge on any atom is 0.143 e. The minimum Gasteiger partial charge on any atom is -0.314 e. The first kappa shape index (κ1) is 15.5. The van der Waals surface area contributed by atoms with Crippen molar-refractivity contribution in [1.29, 1.82) is 0 Å². The van der Waals surface area contributed by atoms with Crippen LogP contribution in [-0.2, 0) is 6.54 Å². The molecule has 1 aliphatic heterocycles. The molecule has 1 saturated heterocycles. The van der Waals surface area contributed by atoms with Crippen molar-refractivity contribution < 1.29 is 4.39 Å². The van der Waals surface area contributed by atoms with Crippen LogP contribution in [0.3, 0.4) is 0 Å². The molecule has 5 heteroatoms. The molecule has 1 aliphatic carbocycles. The Labute approximate surface area is 135 Å². The molecular weight excluding hydrogens is 310 g/mol. The van der Waals surface area contributed by atoms with Crippen molar-refractivity contribution in [2.45, 2.75) is 38.3 Å². The number of hydrogen-bond donors (Lipinski definition) is 1. The van der Waals surface area contributed by atoms with Gasteiger partial charge in [-0.3, -0.25) is 4.90 Å². The van der Waals surface area contributed by atoms with Gasteiger partial charge < -0.3 is 5.32 Å². The van der Waals surface area contributed by atoms with Crippen molar-refractivity contribution in [2.24, 2.45) is 5.92 Å². The number of likely N-dealkylation sites (tertiary alicyclic amines) is 1. The van der Waals surface area contributed by atoms with Crippen LogP contribution in [0.2, 0.25) is 10.0 Å². The first-order valence-electron chi connectivity index (χ1n) is 7.71. The summed E-state index contributed by atoms with van der Waals surface area (Å²) >= 11 is 12.0. The van der Waals surface area contributed by atoms with E-state index < -0.39 is 5.82 Å². The van der Waals surface area contributed by atoms with E-state index in [4.69, 9.17) is 23.2 Å². The van der Waals surface area contributed by atoms with Gasteiger partial charge in [-0.2, -0.15) is 0 Å². The molecule has 1 aromatic rings. The molecule has 2 fully saturated rings. The lowest BCUT2D eigenvalue weighted by molar-refractivity contribution is 0.190. The molecule has 0 radical (unpaired) electrons. The van der Waals surface area contributed by atoms with Gasteiger partial charge in [0.2, 0.25) is 0 Å². The third-order valence-electron chi connectivity index (χ3n) is 4.49. The van der Waals surface area contributed by atoms with E-state index in [1.807, 2.05) is 0 Å². The van der Waals surface area contributed by atoms with Crippen LogP contribution in [0.25, 0.3) is 0 Å². The predicted octanol–water partition coefficient (Wildman–Crippen LogP) is 4.10. The molecule has 1 N–H and O–H groups in total. The van der Waals surface area contributed by atoms with Crippen molar-refractivity contribution in [1.82, 2.24) is 10.2 Å². The highest BCUT2D eigenvalue weighted by Crippen LogP contribution is 2.30. The first-order chi connectivity index (χ1) is 10.1. The van der Waals surface area contributed by atoms with Gasteiger partial charge >= 0.3 is 0 Å². The fraction of sp³-hybridized carbons (Fsp3) is 0.625. The molecule has 0 unspecified atom stereocenters. The van der Waals surface area contributed by atoms with Gasteiger partial charge in [0.05, 0.1) is 10.0 Å². The van der Waals surface area contributed by atoms with Crippen LogP contribution in [-0.4, -0.2) is 30.6 Å². The molecule has 2 nitrogen and oxygen atoms in total. The maximum absolute atomic E-state index is 13.3. The normalized spacial score (nSPS) is 20.9.